The Morgan fingerprint density at radius 1 is 1.30 bits per heavy atom. The van der Waals surface area contributed by atoms with Gasteiger partial charge in [0.25, 0.3) is 0 Å². The summed E-state index contributed by atoms with van der Waals surface area (Å²) in [5.41, 5.74) is 1.81. The van der Waals surface area contributed by atoms with Gasteiger partial charge in [0, 0.05) is 31.5 Å². The van der Waals surface area contributed by atoms with Crippen LogP contribution >= 0.6 is 0 Å². The van der Waals surface area contributed by atoms with E-state index in [0.29, 0.717) is 17.4 Å². The van der Waals surface area contributed by atoms with Crippen molar-refractivity contribution in [3.8, 4) is 0 Å². The minimum absolute atomic E-state index is 0.330. The molecule has 0 saturated heterocycles. The number of hydrogen-bond acceptors (Lipinski definition) is 2. The maximum atomic E-state index is 4.07. The van der Waals surface area contributed by atoms with Crippen molar-refractivity contribution in [1.82, 2.24) is 14.9 Å². The van der Waals surface area contributed by atoms with E-state index in [1.54, 1.807) is 0 Å². The number of hydrogen-bond donors (Lipinski definition) is 1. The van der Waals surface area contributed by atoms with Crippen LogP contribution in [0.5, 0.6) is 0 Å². The summed E-state index contributed by atoms with van der Waals surface area (Å²) in [5, 5.41) is 3.70. The van der Waals surface area contributed by atoms with Crippen LogP contribution in [0.15, 0.2) is 49.1 Å². The van der Waals surface area contributed by atoms with E-state index in [1.807, 2.05) is 18.7 Å². The molecule has 1 aromatic carbocycles. The summed E-state index contributed by atoms with van der Waals surface area (Å²) < 4.78 is 2.12. The van der Waals surface area contributed by atoms with Crippen LogP contribution in [0.2, 0.25) is 0 Å². The normalized spacial score (nSPS) is 24.3. The lowest BCUT2D eigenvalue weighted by atomic mass is 9.56. The maximum Gasteiger partial charge on any atom is 0.0946 e. The van der Waals surface area contributed by atoms with Crippen LogP contribution in [-0.4, -0.2) is 22.1 Å². The van der Waals surface area contributed by atoms with Crippen molar-refractivity contribution in [2.75, 3.05) is 6.54 Å². The van der Waals surface area contributed by atoms with E-state index >= 15 is 0 Å². The Hall–Kier alpha value is -1.61. The number of nitrogens with zero attached hydrogens (tertiary/aromatic N) is 2. The van der Waals surface area contributed by atoms with Gasteiger partial charge in [0.2, 0.25) is 0 Å². The molecule has 1 N–H and O–H groups in total. The fourth-order valence-electron chi connectivity index (χ4n) is 3.31. The van der Waals surface area contributed by atoms with E-state index in [9.17, 15) is 0 Å². The van der Waals surface area contributed by atoms with Crippen molar-refractivity contribution in [1.29, 1.82) is 0 Å². The average molecular weight is 269 g/mol. The largest absolute Gasteiger partial charge is 0.336 e. The predicted molar refractivity (Wildman–Crippen MR) is 81.6 cm³/mol. The van der Waals surface area contributed by atoms with Crippen LogP contribution in [-0.2, 0) is 6.54 Å². The molecule has 1 heterocycles. The molecule has 2 aromatic rings. The number of aromatic nitrogens is 2. The molecule has 1 aliphatic carbocycles. The first-order valence-corrected chi connectivity index (χ1v) is 7.42. The second-order valence-corrected chi connectivity index (χ2v) is 6.33. The molecule has 0 aliphatic heterocycles. The molecule has 2 atom stereocenters. The van der Waals surface area contributed by atoms with Crippen LogP contribution in [0.1, 0.15) is 31.7 Å². The Labute approximate surface area is 121 Å². The SMILES string of the molecule is CC1(C)C(NCCn2ccnc2)CC1c1ccccc1. The molecule has 0 radical (unpaired) electrons. The molecule has 20 heavy (non-hydrogen) atoms. The molecule has 0 bridgehead atoms. The summed E-state index contributed by atoms with van der Waals surface area (Å²) in [6.45, 7) is 6.75. The van der Waals surface area contributed by atoms with E-state index in [2.05, 4.69) is 59.0 Å². The van der Waals surface area contributed by atoms with Gasteiger partial charge in [-0.2, -0.15) is 0 Å². The van der Waals surface area contributed by atoms with Crippen molar-refractivity contribution < 1.29 is 0 Å². The second kappa shape index (κ2) is 5.41. The minimum Gasteiger partial charge on any atom is -0.336 e. The second-order valence-electron chi connectivity index (χ2n) is 6.33. The summed E-state index contributed by atoms with van der Waals surface area (Å²) in [4.78, 5) is 4.07. The van der Waals surface area contributed by atoms with Crippen LogP contribution in [0.4, 0.5) is 0 Å². The van der Waals surface area contributed by atoms with Gasteiger partial charge in [-0.25, -0.2) is 4.98 Å². The van der Waals surface area contributed by atoms with Crippen molar-refractivity contribution in [2.45, 2.75) is 38.8 Å². The van der Waals surface area contributed by atoms with Gasteiger partial charge < -0.3 is 9.88 Å². The molecule has 3 nitrogen and oxygen atoms in total. The summed E-state index contributed by atoms with van der Waals surface area (Å²) >= 11 is 0. The van der Waals surface area contributed by atoms with Crippen molar-refractivity contribution in [2.24, 2.45) is 5.41 Å². The molecule has 106 valence electrons. The molecule has 1 aliphatic rings. The first kappa shape index (κ1) is 13.4. The first-order valence-electron chi connectivity index (χ1n) is 7.42. The summed E-state index contributed by atoms with van der Waals surface area (Å²) in [7, 11) is 0. The lowest BCUT2D eigenvalue weighted by Gasteiger charge is -2.53. The summed E-state index contributed by atoms with van der Waals surface area (Å²) in [6, 6.07) is 11.5. The fraction of sp³-hybridized carbons (Fsp3) is 0.471. The van der Waals surface area contributed by atoms with Crippen molar-refractivity contribution in [3.05, 3.63) is 54.6 Å². The molecule has 0 amide bonds. The third-order valence-electron chi connectivity index (χ3n) is 4.79. The third kappa shape index (κ3) is 2.50. The molecular weight excluding hydrogens is 246 g/mol. The number of nitrogens with one attached hydrogen (secondary N) is 1. The van der Waals surface area contributed by atoms with Gasteiger partial charge in [0.05, 0.1) is 6.33 Å². The average Bonchev–Trinajstić information content (AvgIpc) is 2.96. The van der Waals surface area contributed by atoms with Crippen LogP contribution in [0, 0.1) is 5.41 Å². The molecule has 2 unspecified atom stereocenters. The number of benzene rings is 1. The van der Waals surface area contributed by atoms with Gasteiger partial charge in [-0.3, -0.25) is 0 Å². The standard InChI is InChI=1S/C17H23N3/c1-17(2)15(14-6-4-3-5-7-14)12-16(17)19-9-11-20-10-8-18-13-20/h3-8,10,13,15-16,19H,9,11-12H2,1-2H3. The first-order chi connectivity index (χ1) is 9.68. The van der Waals surface area contributed by atoms with Crippen molar-refractivity contribution >= 4 is 0 Å². The Morgan fingerprint density at radius 3 is 2.75 bits per heavy atom. The zero-order valence-corrected chi connectivity index (χ0v) is 12.3. The zero-order valence-electron chi connectivity index (χ0n) is 12.3. The fourth-order valence-corrected chi connectivity index (χ4v) is 3.31. The van der Waals surface area contributed by atoms with E-state index in [-0.39, 0.29) is 0 Å². The van der Waals surface area contributed by atoms with E-state index in [4.69, 9.17) is 0 Å². The highest BCUT2D eigenvalue weighted by Gasteiger charge is 2.48. The Bertz CT molecular complexity index is 531. The monoisotopic (exact) mass is 269 g/mol. The Morgan fingerprint density at radius 2 is 2.10 bits per heavy atom. The molecule has 1 saturated carbocycles. The van der Waals surface area contributed by atoms with Gasteiger partial charge in [-0.05, 0) is 23.3 Å². The molecule has 1 fully saturated rings. The molecule has 3 rings (SSSR count). The van der Waals surface area contributed by atoms with E-state index in [0.717, 1.165) is 13.1 Å². The lowest BCUT2D eigenvalue weighted by molar-refractivity contribution is 0.0687. The van der Waals surface area contributed by atoms with E-state index in [1.165, 1.54) is 12.0 Å². The number of rotatable bonds is 5. The predicted octanol–water partition coefficient (Wildman–Crippen LogP) is 3.06. The maximum absolute atomic E-state index is 4.07. The highest BCUT2D eigenvalue weighted by molar-refractivity contribution is 5.27. The van der Waals surface area contributed by atoms with Gasteiger partial charge in [0.15, 0.2) is 0 Å². The minimum atomic E-state index is 0.330. The van der Waals surface area contributed by atoms with Gasteiger partial charge in [-0.15, -0.1) is 0 Å². The molecular formula is C17H23N3. The number of imidazole rings is 1. The Kier molecular flexibility index (Phi) is 3.62. The zero-order chi connectivity index (χ0) is 14.0. The molecule has 1 aromatic heterocycles. The third-order valence-corrected chi connectivity index (χ3v) is 4.79. The van der Waals surface area contributed by atoms with E-state index < -0.39 is 0 Å². The quantitative estimate of drug-likeness (QED) is 0.904. The molecule has 0 spiro atoms. The van der Waals surface area contributed by atoms with Crippen molar-refractivity contribution in [3.63, 3.8) is 0 Å². The highest BCUT2D eigenvalue weighted by Crippen LogP contribution is 2.52. The Balaban J connectivity index is 1.53. The highest BCUT2D eigenvalue weighted by atomic mass is 15.1. The van der Waals surface area contributed by atoms with Gasteiger partial charge >= 0.3 is 0 Å². The van der Waals surface area contributed by atoms with Gasteiger partial charge in [-0.1, -0.05) is 44.2 Å². The summed E-state index contributed by atoms with van der Waals surface area (Å²) in [5.74, 6) is 0.675. The van der Waals surface area contributed by atoms with Crippen LogP contribution in [0.25, 0.3) is 0 Å². The van der Waals surface area contributed by atoms with Crippen LogP contribution < -0.4 is 5.32 Å². The van der Waals surface area contributed by atoms with Crippen LogP contribution in [0.3, 0.4) is 0 Å². The smallest absolute Gasteiger partial charge is 0.0946 e. The summed E-state index contributed by atoms with van der Waals surface area (Å²) in [6.07, 6.45) is 6.96. The molecule has 3 heteroatoms. The lowest BCUT2D eigenvalue weighted by Crippen LogP contribution is -2.55. The van der Waals surface area contributed by atoms with Gasteiger partial charge in [0.1, 0.15) is 0 Å². The topological polar surface area (TPSA) is 29.9 Å².